The molecule has 6 aromatic rings. The van der Waals surface area contributed by atoms with Gasteiger partial charge in [0.25, 0.3) is 0 Å². The maximum atomic E-state index is 13.2. The van der Waals surface area contributed by atoms with Crippen molar-refractivity contribution in [3.8, 4) is 39.5 Å². The SMILES string of the molecule is CC(C)n1nc(-c2cnc(N)c(C(F)(F)F)c2)cc1C1[C@H]2CC(N)C[C@@H]12.CC(C)n1nc(-c2cnc(N)c(C(F)(F)F)c2)cc1C1[C@H]2CC(OCCCO)C[C@@H]12.Nc1ncc(-c2cc(C3[C@H]4CC(N5CCOCC5)C[C@@H]34)n(CC3CC3)n2)cc1OC(F)F. The second-order valence-corrected chi connectivity index (χ2v) is 26.0. The van der Waals surface area contributed by atoms with E-state index < -0.39 is 41.7 Å². The Hall–Kier alpha value is -6.48. The number of morpholine rings is 1. The molecule has 8 fully saturated rings. The number of nitrogens with zero attached hydrogens (tertiary/aromatic N) is 10. The Bertz CT molecular complexity index is 3410. The Morgan fingerprint density at radius 3 is 1.55 bits per heavy atom. The van der Waals surface area contributed by atoms with Gasteiger partial charge in [0.2, 0.25) is 0 Å². The van der Waals surface area contributed by atoms with Crippen molar-refractivity contribution in [1.29, 1.82) is 0 Å². The number of hydrogen-bond donors (Lipinski definition) is 5. The molecule has 7 saturated carbocycles. The molecule has 7 heterocycles. The molecule has 0 radical (unpaired) electrons. The van der Waals surface area contributed by atoms with Crippen molar-refractivity contribution in [3.63, 3.8) is 0 Å². The Balaban J connectivity index is 0.000000129. The zero-order valence-electron chi connectivity index (χ0n) is 49.7. The van der Waals surface area contributed by atoms with Gasteiger partial charge in [-0.2, -0.15) is 50.4 Å². The minimum atomic E-state index is -4.56. The molecule has 0 bridgehead atoms. The fraction of sp³-hybridized carbons (Fsp3) is 0.613. The van der Waals surface area contributed by atoms with E-state index in [1.807, 2.05) is 49.2 Å². The van der Waals surface area contributed by atoms with Crippen LogP contribution in [0.15, 0.2) is 55.0 Å². The number of aliphatic hydroxyl groups excluding tert-OH is 1. The minimum Gasteiger partial charge on any atom is -0.431 e. The molecule has 0 aromatic carbocycles. The zero-order valence-corrected chi connectivity index (χ0v) is 49.7. The number of alkyl halides is 8. The monoisotopic (exact) mass is 1230 g/mol. The second-order valence-electron chi connectivity index (χ2n) is 26.0. The van der Waals surface area contributed by atoms with Crippen molar-refractivity contribution in [2.45, 2.75) is 159 Å². The minimum absolute atomic E-state index is 0.0439. The number of rotatable bonds is 17. The lowest BCUT2D eigenvalue weighted by molar-refractivity contribution is -0.137. The van der Waals surface area contributed by atoms with Crippen LogP contribution in [0.1, 0.15) is 144 Å². The number of ether oxygens (including phenoxy) is 3. The molecule has 18 nitrogen and oxygen atoms in total. The molecule has 6 aromatic heterocycles. The lowest BCUT2D eigenvalue weighted by atomic mass is 10.0. The van der Waals surface area contributed by atoms with Crippen molar-refractivity contribution in [1.82, 2.24) is 49.2 Å². The molecule has 0 amide bonds. The number of halogens is 8. The third-order valence-electron chi connectivity index (χ3n) is 19.4. The predicted octanol–water partition coefficient (Wildman–Crippen LogP) is 11.0. The van der Waals surface area contributed by atoms with Crippen LogP contribution in [0.2, 0.25) is 0 Å². The van der Waals surface area contributed by atoms with E-state index in [9.17, 15) is 35.1 Å². The Kier molecular flexibility index (Phi) is 17.1. The van der Waals surface area contributed by atoms with Gasteiger partial charge in [0.15, 0.2) is 11.6 Å². The van der Waals surface area contributed by atoms with E-state index in [0.717, 1.165) is 87.7 Å². The second kappa shape index (κ2) is 24.4. The predicted molar refractivity (Wildman–Crippen MR) is 312 cm³/mol. The summed E-state index contributed by atoms with van der Waals surface area (Å²) in [6.45, 7) is 10.6. The van der Waals surface area contributed by atoms with Gasteiger partial charge in [0, 0.05) is 127 Å². The highest BCUT2D eigenvalue weighted by molar-refractivity contribution is 5.66. The largest absolute Gasteiger partial charge is 0.431 e. The number of pyridine rings is 3. The molecule has 9 N–H and O–H groups in total. The van der Waals surface area contributed by atoms with E-state index >= 15 is 0 Å². The van der Waals surface area contributed by atoms with E-state index in [4.69, 9.17) is 42.6 Å². The first-order valence-electron chi connectivity index (χ1n) is 30.9. The number of aromatic nitrogens is 9. The summed E-state index contributed by atoms with van der Waals surface area (Å²) in [5.74, 6) is 4.42. The lowest BCUT2D eigenvalue weighted by Gasteiger charge is -2.33. The van der Waals surface area contributed by atoms with E-state index in [1.165, 1.54) is 49.8 Å². The number of anilines is 3. The van der Waals surface area contributed by atoms with Gasteiger partial charge < -0.3 is 42.3 Å². The Labute approximate surface area is 505 Å². The van der Waals surface area contributed by atoms with Crippen LogP contribution in [0, 0.1) is 41.4 Å². The number of aliphatic hydroxyl groups is 1. The molecule has 7 aliphatic carbocycles. The van der Waals surface area contributed by atoms with E-state index in [0.29, 0.717) is 106 Å². The van der Waals surface area contributed by atoms with Crippen LogP contribution in [0.3, 0.4) is 0 Å². The molecule has 12 atom stereocenters. The molecule has 476 valence electrons. The topological polar surface area (TPSA) is 247 Å². The van der Waals surface area contributed by atoms with E-state index in [2.05, 4.69) is 45.5 Å². The Morgan fingerprint density at radius 2 is 1.07 bits per heavy atom. The van der Waals surface area contributed by atoms with Gasteiger partial charge in [-0.3, -0.25) is 18.9 Å². The first-order chi connectivity index (χ1) is 41.9. The molecule has 26 heteroatoms. The summed E-state index contributed by atoms with van der Waals surface area (Å²) < 4.78 is 126. The molecule has 0 spiro atoms. The summed E-state index contributed by atoms with van der Waals surface area (Å²) in [6, 6.07) is 10.7. The summed E-state index contributed by atoms with van der Waals surface area (Å²) in [5, 5.41) is 22.9. The van der Waals surface area contributed by atoms with Gasteiger partial charge >= 0.3 is 19.0 Å². The van der Waals surface area contributed by atoms with Crippen LogP contribution in [0.4, 0.5) is 52.6 Å². The Morgan fingerprint density at radius 1 is 0.614 bits per heavy atom. The zero-order chi connectivity index (χ0) is 62.2. The normalized spacial score (nSPS) is 27.9. The number of fused-ring (bicyclic) bond motifs is 3. The van der Waals surface area contributed by atoms with Crippen LogP contribution in [0.5, 0.6) is 5.75 Å². The molecule has 88 heavy (non-hydrogen) atoms. The third kappa shape index (κ3) is 13.0. The van der Waals surface area contributed by atoms with Gasteiger partial charge in [0.1, 0.15) is 11.6 Å². The number of hydrogen-bond acceptors (Lipinski definition) is 15. The smallest absolute Gasteiger partial charge is 0.419 e. The average molecular weight is 1240 g/mol. The maximum absolute atomic E-state index is 13.2. The summed E-state index contributed by atoms with van der Waals surface area (Å²) in [5.41, 5.74) is 27.2. The molecule has 6 unspecified atom stereocenters. The van der Waals surface area contributed by atoms with Gasteiger partial charge in [0.05, 0.1) is 47.5 Å². The van der Waals surface area contributed by atoms with Crippen molar-refractivity contribution < 1.29 is 54.4 Å². The third-order valence-corrected chi connectivity index (χ3v) is 19.4. The highest BCUT2D eigenvalue weighted by Gasteiger charge is 2.60. The maximum Gasteiger partial charge on any atom is 0.419 e. The summed E-state index contributed by atoms with van der Waals surface area (Å²) >= 11 is 0. The van der Waals surface area contributed by atoms with E-state index in [-0.39, 0.29) is 42.4 Å². The van der Waals surface area contributed by atoms with Crippen molar-refractivity contribution in [2.24, 2.45) is 47.2 Å². The van der Waals surface area contributed by atoms with Gasteiger partial charge in [-0.15, -0.1) is 0 Å². The van der Waals surface area contributed by atoms with Crippen LogP contribution in [-0.4, -0.2) is 119 Å². The standard InChI is InChI=1S/C23H29F2N5O2.C21H27F3N4O2.C18H22F3N5/c24-23(25)32-20-7-14(11-27-22(20)26)18-10-19(30(28-18)12-13-1-2-13)21-16-8-15(9-17(16)21)29-3-5-31-6-4-29;1-11(2)28-18(19-14-7-13(8-15(14)19)30-5-3-4-29)9-17(27-28)12-6-16(21(22,23)24)20(25)26-10-12;1-8(2)26-15(16-11-4-10(22)5-12(11)16)6-14(25-26)9-3-13(18(19,20)21)17(23)24-7-9/h7,10-11,13,15-17,21,23H,1-6,8-9,12H2,(H2,26,27);6,9-11,13-15,19,29H,3-5,7-8H2,1-2H3,(H2,25,26);3,6-8,10-12,16H,4-5,22H2,1-2H3,(H2,23,24)/t15?,16-,17+,21?;13?,14-,15+,19?;10?,11-,12+,16?. The first kappa shape index (κ1) is 61.7. The molecular weight excluding hydrogens is 1160 g/mol. The quantitative estimate of drug-likeness (QED) is 0.0421. The molecule has 1 saturated heterocycles. The fourth-order valence-corrected chi connectivity index (χ4v) is 14.9. The highest BCUT2D eigenvalue weighted by Crippen LogP contribution is 2.66. The molecule has 14 rings (SSSR count). The van der Waals surface area contributed by atoms with Crippen molar-refractivity contribution in [3.05, 3.63) is 83.2 Å². The van der Waals surface area contributed by atoms with Crippen LogP contribution in [-0.2, 0) is 28.4 Å². The molecular formula is C62H78F8N14O4. The van der Waals surface area contributed by atoms with Crippen LogP contribution >= 0.6 is 0 Å². The number of nitrogens with two attached hydrogens (primary N) is 4. The van der Waals surface area contributed by atoms with Gasteiger partial charge in [-0.25, -0.2) is 15.0 Å². The summed E-state index contributed by atoms with van der Waals surface area (Å²) in [7, 11) is 0. The van der Waals surface area contributed by atoms with E-state index in [1.54, 1.807) is 6.20 Å². The fourth-order valence-electron chi connectivity index (χ4n) is 14.9. The van der Waals surface area contributed by atoms with Gasteiger partial charge in [-0.1, -0.05) is 0 Å². The summed E-state index contributed by atoms with van der Waals surface area (Å²) in [4.78, 5) is 14.1. The van der Waals surface area contributed by atoms with Crippen molar-refractivity contribution >= 4 is 17.5 Å². The molecule has 8 aliphatic rings. The highest BCUT2D eigenvalue weighted by atomic mass is 19.4. The van der Waals surface area contributed by atoms with Crippen molar-refractivity contribution in [2.75, 3.05) is 56.7 Å². The lowest BCUT2D eigenvalue weighted by Crippen LogP contribution is -2.43. The van der Waals surface area contributed by atoms with Gasteiger partial charge in [-0.05, 0) is 163 Å². The van der Waals surface area contributed by atoms with Crippen LogP contribution < -0.4 is 27.7 Å². The molecule has 1 aliphatic heterocycles. The summed E-state index contributed by atoms with van der Waals surface area (Å²) in [6.07, 6.45) is 5.02. The average Bonchev–Trinajstić information content (AvgIpc) is 1.66. The van der Waals surface area contributed by atoms with Crippen LogP contribution in [0.25, 0.3) is 33.8 Å². The first-order valence-corrected chi connectivity index (χ1v) is 30.9. The number of nitrogen functional groups attached to an aromatic ring is 3.